The second-order valence-electron chi connectivity index (χ2n) is 8.10. The van der Waals surface area contributed by atoms with Gasteiger partial charge in [-0.15, -0.1) is 0 Å². The Hall–Kier alpha value is -2.68. The molecule has 178 valence electrons. The quantitative estimate of drug-likeness (QED) is 0.374. The molecular weight excluding hydrogens is 488 g/mol. The van der Waals surface area contributed by atoms with Crippen LogP contribution in [0.3, 0.4) is 0 Å². The van der Waals surface area contributed by atoms with E-state index in [1.54, 1.807) is 31.3 Å². The molecule has 1 amide bonds. The largest absolute Gasteiger partial charge is 0.481 e. The fourth-order valence-corrected chi connectivity index (χ4v) is 4.48. The van der Waals surface area contributed by atoms with E-state index in [0.717, 1.165) is 60.2 Å². The highest BCUT2D eigenvalue weighted by Crippen LogP contribution is 2.28. The lowest BCUT2D eigenvalue weighted by atomic mass is 10.0. The minimum Gasteiger partial charge on any atom is -0.481 e. The summed E-state index contributed by atoms with van der Waals surface area (Å²) in [6.07, 6.45) is 6.61. The molecule has 33 heavy (non-hydrogen) atoms. The van der Waals surface area contributed by atoms with Gasteiger partial charge < -0.3 is 19.7 Å². The molecule has 0 aliphatic carbocycles. The van der Waals surface area contributed by atoms with Crippen LogP contribution in [0, 0.1) is 0 Å². The fourth-order valence-electron chi connectivity index (χ4n) is 3.92. The lowest BCUT2D eigenvalue weighted by Crippen LogP contribution is -2.32. The molecule has 1 N–H and O–H groups in total. The maximum absolute atomic E-state index is 12.9. The van der Waals surface area contributed by atoms with Crippen molar-refractivity contribution >= 4 is 33.6 Å². The first-order valence-corrected chi connectivity index (χ1v) is 12.0. The molecule has 8 nitrogen and oxygen atoms in total. The highest BCUT2D eigenvalue weighted by atomic mass is 79.9. The van der Waals surface area contributed by atoms with Crippen molar-refractivity contribution in [2.45, 2.75) is 51.0 Å². The smallest absolute Gasteiger partial charge is 0.307 e. The second kappa shape index (κ2) is 12.0. The van der Waals surface area contributed by atoms with Gasteiger partial charge in [-0.05, 0) is 65.2 Å². The SMILES string of the molecule is COC(=O)C[C@@H](c1ccc(OC)nc1)N(C)C(=O)CCCCc1nc2c(cc1Br)CCCN2. The van der Waals surface area contributed by atoms with Crippen LogP contribution in [0.4, 0.5) is 5.82 Å². The summed E-state index contributed by atoms with van der Waals surface area (Å²) in [4.78, 5) is 35.5. The van der Waals surface area contributed by atoms with Gasteiger partial charge in [0, 0.05) is 36.7 Å². The third-order valence-electron chi connectivity index (χ3n) is 5.90. The molecule has 2 aromatic heterocycles. The summed E-state index contributed by atoms with van der Waals surface area (Å²) in [5.74, 6) is 1.04. The molecule has 0 unspecified atom stereocenters. The monoisotopic (exact) mass is 518 g/mol. The normalized spacial score (nSPS) is 13.5. The number of methoxy groups -OCH3 is 2. The first-order chi connectivity index (χ1) is 15.9. The summed E-state index contributed by atoms with van der Waals surface area (Å²) >= 11 is 3.64. The number of nitrogens with one attached hydrogen (secondary N) is 1. The minimum absolute atomic E-state index is 0.0288. The zero-order chi connectivity index (χ0) is 23.8. The van der Waals surface area contributed by atoms with E-state index in [2.05, 4.69) is 32.3 Å². The third-order valence-corrected chi connectivity index (χ3v) is 6.59. The predicted octanol–water partition coefficient (Wildman–Crippen LogP) is 4.08. The van der Waals surface area contributed by atoms with E-state index in [-0.39, 0.29) is 18.3 Å². The van der Waals surface area contributed by atoms with Gasteiger partial charge >= 0.3 is 5.97 Å². The second-order valence-corrected chi connectivity index (χ2v) is 8.95. The molecule has 1 aliphatic rings. The van der Waals surface area contributed by atoms with E-state index in [4.69, 9.17) is 14.5 Å². The van der Waals surface area contributed by atoms with Crippen LogP contribution in [0.1, 0.15) is 55.0 Å². The summed E-state index contributed by atoms with van der Waals surface area (Å²) in [6.45, 7) is 0.957. The van der Waals surface area contributed by atoms with Crippen LogP contribution in [0.15, 0.2) is 28.9 Å². The zero-order valence-electron chi connectivity index (χ0n) is 19.4. The van der Waals surface area contributed by atoms with Gasteiger partial charge in [0.25, 0.3) is 0 Å². The van der Waals surface area contributed by atoms with Crippen LogP contribution >= 0.6 is 15.9 Å². The topological polar surface area (TPSA) is 93.7 Å². The van der Waals surface area contributed by atoms with Crippen LogP contribution in [-0.2, 0) is 27.2 Å². The number of halogens is 1. The Kier molecular flexibility index (Phi) is 9.05. The van der Waals surface area contributed by atoms with Gasteiger partial charge in [0.1, 0.15) is 5.82 Å². The molecule has 3 heterocycles. The molecule has 0 spiro atoms. The Morgan fingerprint density at radius 3 is 2.79 bits per heavy atom. The molecular formula is C24H31BrN4O4. The molecule has 0 aromatic carbocycles. The van der Waals surface area contributed by atoms with Crippen molar-refractivity contribution in [3.05, 3.63) is 45.7 Å². The van der Waals surface area contributed by atoms with Crippen molar-refractivity contribution in [3.8, 4) is 5.88 Å². The first kappa shape index (κ1) is 25.0. The van der Waals surface area contributed by atoms with Gasteiger partial charge in [-0.1, -0.05) is 6.07 Å². The molecule has 0 bridgehead atoms. The van der Waals surface area contributed by atoms with Crippen molar-refractivity contribution < 1.29 is 19.1 Å². The minimum atomic E-state index is -0.453. The van der Waals surface area contributed by atoms with E-state index in [0.29, 0.717) is 12.3 Å². The standard InChI is InChI=1S/C24H31BrN4O4/c1-29(20(14-23(31)33-3)17-10-11-21(32-2)27-15-17)22(30)9-5-4-8-19-18(25)13-16-7-6-12-26-24(16)28-19/h10-11,13,15,20H,4-9,12,14H2,1-3H3,(H,26,28)/t20-/m0/s1. The maximum Gasteiger partial charge on any atom is 0.307 e. The summed E-state index contributed by atoms with van der Waals surface area (Å²) in [7, 11) is 4.60. The molecule has 0 radical (unpaired) electrons. The number of pyridine rings is 2. The number of unbranched alkanes of at least 4 members (excludes halogenated alkanes) is 1. The number of anilines is 1. The van der Waals surface area contributed by atoms with E-state index in [9.17, 15) is 9.59 Å². The van der Waals surface area contributed by atoms with Gasteiger partial charge in [0.05, 0.1) is 32.4 Å². The zero-order valence-corrected chi connectivity index (χ0v) is 21.0. The maximum atomic E-state index is 12.9. The Morgan fingerprint density at radius 2 is 2.09 bits per heavy atom. The van der Waals surface area contributed by atoms with Crippen LogP contribution in [0.25, 0.3) is 0 Å². The van der Waals surface area contributed by atoms with Crippen LogP contribution in [-0.4, -0.2) is 54.6 Å². The van der Waals surface area contributed by atoms with Crippen molar-refractivity contribution in [2.75, 3.05) is 33.1 Å². The number of ether oxygens (including phenoxy) is 2. The van der Waals surface area contributed by atoms with Crippen LogP contribution < -0.4 is 10.1 Å². The van der Waals surface area contributed by atoms with Gasteiger partial charge in [0.15, 0.2) is 0 Å². The number of hydrogen-bond donors (Lipinski definition) is 1. The van der Waals surface area contributed by atoms with E-state index in [1.807, 2.05) is 6.07 Å². The van der Waals surface area contributed by atoms with Crippen molar-refractivity contribution in [1.29, 1.82) is 0 Å². The molecule has 3 rings (SSSR count). The first-order valence-electron chi connectivity index (χ1n) is 11.2. The van der Waals surface area contributed by atoms with E-state index < -0.39 is 6.04 Å². The molecule has 9 heteroatoms. The summed E-state index contributed by atoms with van der Waals surface area (Å²) in [6, 6.07) is 5.24. The summed E-state index contributed by atoms with van der Waals surface area (Å²) < 4.78 is 11.0. The number of fused-ring (bicyclic) bond motifs is 1. The van der Waals surface area contributed by atoms with E-state index in [1.165, 1.54) is 12.7 Å². The Labute approximate surface area is 203 Å². The lowest BCUT2D eigenvalue weighted by molar-refractivity contribution is -0.143. The number of aryl methyl sites for hydroxylation is 2. The highest BCUT2D eigenvalue weighted by Gasteiger charge is 2.25. The van der Waals surface area contributed by atoms with E-state index >= 15 is 0 Å². The van der Waals surface area contributed by atoms with Crippen LogP contribution in [0.5, 0.6) is 5.88 Å². The van der Waals surface area contributed by atoms with Crippen LogP contribution in [0.2, 0.25) is 0 Å². The third kappa shape index (κ3) is 6.66. The number of esters is 1. The number of rotatable bonds is 10. The van der Waals surface area contributed by atoms with Crippen molar-refractivity contribution in [3.63, 3.8) is 0 Å². The Bertz CT molecular complexity index is 968. The fraction of sp³-hybridized carbons (Fsp3) is 0.500. The number of hydrogen-bond acceptors (Lipinski definition) is 7. The molecule has 0 fully saturated rings. The van der Waals surface area contributed by atoms with Gasteiger partial charge in [-0.2, -0.15) is 0 Å². The number of carbonyl (C=O) groups excluding carboxylic acids is 2. The molecule has 1 aliphatic heterocycles. The number of carbonyl (C=O) groups is 2. The highest BCUT2D eigenvalue weighted by molar-refractivity contribution is 9.10. The van der Waals surface area contributed by atoms with Gasteiger partial charge in [-0.3, -0.25) is 9.59 Å². The molecule has 0 saturated heterocycles. The molecule has 0 saturated carbocycles. The summed E-state index contributed by atoms with van der Waals surface area (Å²) in [5.41, 5.74) is 3.02. The van der Waals surface area contributed by atoms with Gasteiger partial charge in [0.2, 0.25) is 11.8 Å². The average Bonchev–Trinajstić information content (AvgIpc) is 2.84. The number of nitrogens with zero attached hydrogens (tertiary/aromatic N) is 3. The Balaban J connectivity index is 1.57. The van der Waals surface area contributed by atoms with Crippen molar-refractivity contribution in [2.24, 2.45) is 0 Å². The number of aromatic nitrogens is 2. The number of amides is 1. The lowest BCUT2D eigenvalue weighted by Gasteiger charge is -2.28. The molecule has 2 aromatic rings. The Morgan fingerprint density at radius 1 is 1.27 bits per heavy atom. The average molecular weight is 519 g/mol. The van der Waals surface area contributed by atoms with Crippen molar-refractivity contribution in [1.82, 2.24) is 14.9 Å². The van der Waals surface area contributed by atoms with Gasteiger partial charge in [-0.25, -0.2) is 9.97 Å². The summed E-state index contributed by atoms with van der Waals surface area (Å²) in [5, 5.41) is 3.37. The predicted molar refractivity (Wildman–Crippen MR) is 129 cm³/mol. The molecule has 1 atom stereocenters.